The molecule has 222 valence electrons. The van der Waals surface area contributed by atoms with Crippen LogP contribution in [0.3, 0.4) is 0 Å². The van der Waals surface area contributed by atoms with E-state index in [1.54, 1.807) is 12.1 Å². The van der Waals surface area contributed by atoms with Crippen molar-refractivity contribution in [1.29, 1.82) is 0 Å². The molecule has 6 atom stereocenters. The Bertz CT molecular complexity index is 1480. The first-order valence-electron chi connectivity index (χ1n) is 12.6. The zero-order valence-corrected chi connectivity index (χ0v) is 21.5. The van der Waals surface area contributed by atoms with Crippen molar-refractivity contribution in [3.8, 4) is 40.2 Å². The van der Waals surface area contributed by atoms with E-state index in [9.17, 15) is 50.4 Å². The number of hydrogen-bond acceptors (Lipinski definition) is 14. The molecule has 0 aliphatic carbocycles. The average molecular weight is 587 g/mol. The van der Waals surface area contributed by atoms with E-state index in [-0.39, 0.29) is 34.8 Å². The Morgan fingerprint density at radius 3 is 2.19 bits per heavy atom. The van der Waals surface area contributed by atoms with Crippen molar-refractivity contribution in [1.82, 2.24) is 0 Å². The summed E-state index contributed by atoms with van der Waals surface area (Å²) in [5.74, 6) is -4.52. The molecule has 3 aromatic rings. The van der Waals surface area contributed by atoms with E-state index in [0.29, 0.717) is 5.56 Å². The predicted molar refractivity (Wildman–Crippen MR) is 138 cm³/mol. The van der Waals surface area contributed by atoms with E-state index in [2.05, 4.69) is 0 Å². The second kappa shape index (κ2) is 11.3. The maximum atomic E-state index is 12.8. The second-order valence-electron chi connectivity index (χ2n) is 9.73. The Kier molecular flexibility index (Phi) is 7.71. The standard InChI is InChI=1S/C28H26O14/c29-13-3-1-11(2-4-13)19-9-16(31)22-15(30)7-14(8-20(22)41-19)40-28-26(37)25(36)24(35)21(42-28)10-39-27(38)12-5-17(32)23(34)18(33)6-12/h1-8,19,21,24-26,28-30,32-37H,9-10H2/t19?,21-,24-,25+,26-,28-/m1/s1. The topological polar surface area (TPSA) is 233 Å². The molecule has 8 N–H and O–H groups in total. The second-order valence-corrected chi connectivity index (χ2v) is 9.73. The number of carbonyl (C=O) groups is 2. The largest absolute Gasteiger partial charge is 0.508 e. The quantitative estimate of drug-likeness (QED) is 0.149. The Labute approximate surface area is 236 Å². The lowest BCUT2D eigenvalue weighted by molar-refractivity contribution is -0.277. The molecular formula is C28H26O14. The lowest BCUT2D eigenvalue weighted by Gasteiger charge is -2.40. The Hall–Kier alpha value is -4.76. The van der Waals surface area contributed by atoms with Crippen molar-refractivity contribution in [3.63, 3.8) is 0 Å². The molecular weight excluding hydrogens is 560 g/mol. The van der Waals surface area contributed by atoms with Crippen molar-refractivity contribution in [2.24, 2.45) is 0 Å². The Morgan fingerprint density at radius 1 is 0.857 bits per heavy atom. The summed E-state index contributed by atoms with van der Waals surface area (Å²) in [6, 6.07) is 10.0. The Balaban J connectivity index is 1.31. The van der Waals surface area contributed by atoms with Gasteiger partial charge in [-0.25, -0.2) is 4.79 Å². The van der Waals surface area contributed by atoms with Gasteiger partial charge in [-0.1, -0.05) is 12.1 Å². The molecule has 0 spiro atoms. The van der Waals surface area contributed by atoms with Gasteiger partial charge in [-0.2, -0.15) is 0 Å². The highest BCUT2D eigenvalue weighted by atomic mass is 16.7. The van der Waals surface area contributed by atoms with Crippen LogP contribution >= 0.6 is 0 Å². The molecule has 0 radical (unpaired) electrons. The van der Waals surface area contributed by atoms with Crippen LogP contribution < -0.4 is 9.47 Å². The fourth-order valence-corrected chi connectivity index (χ4v) is 4.61. The number of esters is 1. The number of ketones is 1. The highest BCUT2D eigenvalue weighted by Crippen LogP contribution is 2.43. The number of Topliss-reactive ketones (excluding diaryl/α,β-unsaturated/α-hetero) is 1. The van der Waals surface area contributed by atoms with Crippen LogP contribution in [0.4, 0.5) is 0 Å². The highest BCUT2D eigenvalue weighted by Gasteiger charge is 2.46. The van der Waals surface area contributed by atoms with Crippen LogP contribution in [-0.2, 0) is 9.47 Å². The molecule has 3 aromatic carbocycles. The number of aliphatic hydroxyl groups excluding tert-OH is 3. The number of carbonyl (C=O) groups excluding carboxylic acids is 2. The van der Waals surface area contributed by atoms with Crippen LogP contribution in [0, 0.1) is 0 Å². The third-order valence-electron chi connectivity index (χ3n) is 6.84. The first kappa shape index (κ1) is 28.8. The van der Waals surface area contributed by atoms with Gasteiger partial charge in [0.2, 0.25) is 6.29 Å². The summed E-state index contributed by atoms with van der Waals surface area (Å²) in [6.07, 6.45) is -9.26. The van der Waals surface area contributed by atoms with Gasteiger partial charge in [-0.3, -0.25) is 4.79 Å². The van der Waals surface area contributed by atoms with Gasteiger partial charge in [-0.15, -0.1) is 0 Å². The predicted octanol–water partition coefficient (Wildman–Crippen LogP) is 0.964. The minimum absolute atomic E-state index is 0.0278. The molecule has 1 fully saturated rings. The number of aromatic hydroxyl groups is 5. The van der Waals surface area contributed by atoms with Gasteiger partial charge in [0.15, 0.2) is 23.0 Å². The van der Waals surface area contributed by atoms with Gasteiger partial charge in [0.25, 0.3) is 0 Å². The third kappa shape index (κ3) is 5.56. The van der Waals surface area contributed by atoms with E-state index < -0.39 is 78.2 Å². The van der Waals surface area contributed by atoms with Crippen LogP contribution in [0.15, 0.2) is 48.5 Å². The molecule has 42 heavy (non-hydrogen) atoms. The summed E-state index contributed by atoms with van der Waals surface area (Å²) in [4.78, 5) is 25.2. The van der Waals surface area contributed by atoms with Crippen molar-refractivity contribution in [2.45, 2.75) is 43.2 Å². The van der Waals surface area contributed by atoms with E-state index >= 15 is 0 Å². The first-order chi connectivity index (χ1) is 19.9. The maximum absolute atomic E-state index is 12.8. The van der Waals surface area contributed by atoms with Gasteiger partial charge in [-0.05, 0) is 29.8 Å². The number of fused-ring (bicyclic) bond motifs is 1. The average Bonchev–Trinajstić information content (AvgIpc) is 2.95. The maximum Gasteiger partial charge on any atom is 0.338 e. The minimum Gasteiger partial charge on any atom is -0.508 e. The zero-order chi connectivity index (χ0) is 30.3. The molecule has 0 bridgehead atoms. The zero-order valence-electron chi connectivity index (χ0n) is 21.5. The molecule has 2 aliphatic heterocycles. The molecule has 0 aromatic heterocycles. The Morgan fingerprint density at radius 2 is 1.52 bits per heavy atom. The molecule has 0 saturated carbocycles. The van der Waals surface area contributed by atoms with E-state index in [1.165, 1.54) is 18.2 Å². The number of phenols is 5. The highest BCUT2D eigenvalue weighted by molar-refractivity contribution is 6.02. The van der Waals surface area contributed by atoms with E-state index in [0.717, 1.165) is 18.2 Å². The number of hydrogen-bond donors (Lipinski definition) is 8. The SMILES string of the molecule is O=C(OC[C@H]1O[C@@H](Oc2cc(O)c3c(c2)OC(c2ccc(O)cc2)CC3=O)[C@H](O)[C@@H](O)[C@@H]1O)c1cc(O)c(O)c(O)c1. The van der Waals surface area contributed by atoms with Gasteiger partial charge >= 0.3 is 5.97 Å². The summed E-state index contributed by atoms with van der Waals surface area (Å²) in [5.41, 5.74) is 0.163. The van der Waals surface area contributed by atoms with Crippen molar-refractivity contribution >= 4 is 11.8 Å². The minimum atomic E-state index is -1.82. The van der Waals surface area contributed by atoms with Gasteiger partial charge in [0.05, 0.1) is 12.0 Å². The lowest BCUT2D eigenvalue weighted by atomic mass is 9.95. The van der Waals surface area contributed by atoms with Crippen LogP contribution in [0.25, 0.3) is 0 Å². The van der Waals surface area contributed by atoms with Gasteiger partial charge < -0.3 is 59.8 Å². The van der Waals surface area contributed by atoms with Crippen LogP contribution in [0.5, 0.6) is 40.2 Å². The fourth-order valence-electron chi connectivity index (χ4n) is 4.61. The van der Waals surface area contributed by atoms with E-state index in [1.807, 2.05) is 0 Å². The normalized spacial score (nSPS) is 25.3. The fraction of sp³-hybridized carbons (Fsp3) is 0.286. The number of rotatable bonds is 6. The van der Waals surface area contributed by atoms with Crippen molar-refractivity contribution < 1.29 is 69.4 Å². The summed E-state index contributed by atoms with van der Waals surface area (Å²) in [5, 5.41) is 80.0. The van der Waals surface area contributed by atoms with Crippen LogP contribution in [0.1, 0.15) is 38.8 Å². The number of ether oxygens (including phenoxy) is 4. The monoisotopic (exact) mass is 586 g/mol. The summed E-state index contributed by atoms with van der Waals surface area (Å²) < 4.78 is 22.1. The van der Waals surface area contributed by atoms with Gasteiger partial charge in [0.1, 0.15) is 65.7 Å². The molecule has 0 amide bonds. The molecule has 5 rings (SSSR count). The van der Waals surface area contributed by atoms with Crippen LogP contribution in [0.2, 0.25) is 0 Å². The van der Waals surface area contributed by atoms with Crippen LogP contribution in [-0.4, -0.2) is 89.9 Å². The first-order valence-corrected chi connectivity index (χ1v) is 12.6. The summed E-state index contributed by atoms with van der Waals surface area (Å²) in [6.45, 7) is -0.673. The number of aliphatic hydroxyl groups is 3. The molecule has 1 saturated heterocycles. The van der Waals surface area contributed by atoms with Crippen molar-refractivity contribution in [3.05, 3.63) is 65.2 Å². The summed E-state index contributed by atoms with van der Waals surface area (Å²) >= 11 is 0. The molecule has 1 unspecified atom stereocenters. The lowest BCUT2D eigenvalue weighted by Crippen LogP contribution is -2.60. The summed E-state index contributed by atoms with van der Waals surface area (Å²) in [7, 11) is 0. The third-order valence-corrected chi connectivity index (χ3v) is 6.84. The number of benzene rings is 3. The van der Waals surface area contributed by atoms with Crippen molar-refractivity contribution in [2.75, 3.05) is 6.61 Å². The number of phenolic OH excluding ortho intramolecular Hbond substituents is 5. The molecule has 2 heterocycles. The molecule has 14 nitrogen and oxygen atoms in total. The molecule has 14 heteroatoms. The smallest absolute Gasteiger partial charge is 0.338 e. The van der Waals surface area contributed by atoms with E-state index in [4.69, 9.17) is 18.9 Å². The van der Waals surface area contributed by atoms with Gasteiger partial charge in [0, 0.05) is 12.1 Å². The molecule has 2 aliphatic rings.